The Kier molecular flexibility index (Phi) is 4.96. The topological polar surface area (TPSA) is 82.2 Å². The van der Waals surface area contributed by atoms with Crippen molar-refractivity contribution in [1.82, 2.24) is 4.98 Å². The minimum Gasteiger partial charge on any atom is -0.507 e. The molecule has 0 unspecified atom stereocenters. The zero-order valence-corrected chi connectivity index (χ0v) is 14.6. The average Bonchev–Trinajstić information content (AvgIpc) is 2.62. The molecule has 0 aliphatic rings. The second kappa shape index (κ2) is 7.22. The third-order valence-corrected chi connectivity index (χ3v) is 4.06. The van der Waals surface area contributed by atoms with Crippen LogP contribution < -0.4 is 10.9 Å². The molecule has 2 aromatic carbocycles. The summed E-state index contributed by atoms with van der Waals surface area (Å²) in [5.41, 5.74) is 0.388. The smallest absolute Gasteiger partial charge is 0.416 e. The third-order valence-electron chi connectivity index (χ3n) is 4.06. The van der Waals surface area contributed by atoms with Gasteiger partial charge in [0.05, 0.1) is 16.8 Å². The van der Waals surface area contributed by atoms with Gasteiger partial charge in [0, 0.05) is 11.8 Å². The number of aromatic nitrogens is 1. The van der Waals surface area contributed by atoms with E-state index in [2.05, 4.69) is 10.3 Å². The van der Waals surface area contributed by atoms with Crippen molar-refractivity contribution in [3.63, 3.8) is 0 Å². The fourth-order valence-electron chi connectivity index (χ4n) is 2.68. The molecule has 0 aliphatic carbocycles. The molecule has 0 fully saturated rings. The van der Waals surface area contributed by atoms with Gasteiger partial charge >= 0.3 is 6.18 Å². The van der Waals surface area contributed by atoms with Crippen LogP contribution in [-0.4, -0.2) is 16.0 Å². The molecule has 0 saturated carbocycles. The van der Waals surface area contributed by atoms with Crippen molar-refractivity contribution in [1.29, 1.82) is 0 Å². The maximum atomic E-state index is 12.7. The highest BCUT2D eigenvalue weighted by atomic mass is 19.4. The Morgan fingerprint density at radius 1 is 1.11 bits per heavy atom. The molecule has 0 bridgehead atoms. The van der Waals surface area contributed by atoms with Crippen LogP contribution in [0.1, 0.15) is 21.5 Å². The van der Waals surface area contributed by atoms with Crippen molar-refractivity contribution in [2.75, 3.05) is 5.32 Å². The number of amides is 1. The van der Waals surface area contributed by atoms with E-state index >= 15 is 0 Å². The minimum atomic E-state index is -4.63. The lowest BCUT2D eigenvalue weighted by Gasteiger charge is -2.11. The van der Waals surface area contributed by atoms with Gasteiger partial charge in [-0.3, -0.25) is 9.59 Å². The van der Waals surface area contributed by atoms with Gasteiger partial charge in [-0.15, -0.1) is 0 Å². The second-order valence-corrected chi connectivity index (χ2v) is 6.18. The van der Waals surface area contributed by atoms with E-state index in [4.69, 9.17) is 0 Å². The van der Waals surface area contributed by atoms with Crippen molar-refractivity contribution in [2.45, 2.75) is 13.1 Å². The molecule has 144 valence electrons. The summed E-state index contributed by atoms with van der Waals surface area (Å²) in [6, 6.07) is 10.7. The van der Waals surface area contributed by atoms with Crippen molar-refractivity contribution in [3.8, 4) is 16.9 Å². The summed E-state index contributed by atoms with van der Waals surface area (Å²) < 4.78 is 38.0. The van der Waals surface area contributed by atoms with E-state index in [-0.39, 0.29) is 16.8 Å². The van der Waals surface area contributed by atoms with Gasteiger partial charge in [-0.2, -0.15) is 13.2 Å². The van der Waals surface area contributed by atoms with Gasteiger partial charge < -0.3 is 15.4 Å². The van der Waals surface area contributed by atoms with Gasteiger partial charge in [-0.05, 0) is 36.8 Å². The number of phenolic OH excluding ortho intramolecular Hbond substituents is 1. The molecular weight excluding hydrogens is 373 g/mol. The van der Waals surface area contributed by atoms with E-state index in [0.29, 0.717) is 23.3 Å². The lowest BCUT2D eigenvalue weighted by Crippen LogP contribution is -2.16. The van der Waals surface area contributed by atoms with Crippen LogP contribution in [0.5, 0.6) is 5.75 Å². The first-order valence-corrected chi connectivity index (χ1v) is 8.16. The SMILES string of the molecule is Cc1cccc(-c2cc(NC(=O)c3ccc(C(F)(F)F)cc3O)c[nH]c2=O)c1. The normalized spacial score (nSPS) is 11.3. The molecule has 8 heteroatoms. The number of H-pyrrole nitrogens is 1. The number of phenols is 1. The monoisotopic (exact) mass is 388 g/mol. The summed E-state index contributed by atoms with van der Waals surface area (Å²) in [5, 5.41) is 12.3. The number of aryl methyl sites for hydroxylation is 1. The quantitative estimate of drug-likeness (QED) is 0.625. The number of aromatic amines is 1. The van der Waals surface area contributed by atoms with Crippen LogP contribution in [-0.2, 0) is 6.18 Å². The highest BCUT2D eigenvalue weighted by Gasteiger charge is 2.31. The summed E-state index contributed by atoms with van der Waals surface area (Å²) in [7, 11) is 0. The highest BCUT2D eigenvalue weighted by molar-refractivity contribution is 6.06. The van der Waals surface area contributed by atoms with E-state index in [0.717, 1.165) is 11.6 Å². The fourth-order valence-corrected chi connectivity index (χ4v) is 2.68. The average molecular weight is 388 g/mol. The van der Waals surface area contributed by atoms with Crippen molar-refractivity contribution >= 4 is 11.6 Å². The Labute approximate surface area is 157 Å². The molecule has 1 heterocycles. The highest BCUT2D eigenvalue weighted by Crippen LogP contribution is 2.33. The van der Waals surface area contributed by atoms with E-state index in [1.165, 1.54) is 12.3 Å². The largest absolute Gasteiger partial charge is 0.507 e. The van der Waals surface area contributed by atoms with E-state index < -0.39 is 23.4 Å². The number of halogens is 3. The van der Waals surface area contributed by atoms with Crippen molar-refractivity contribution < 1.29 is 23.1 Å². The van der Waals surface area contributed by atoms with Crippen LogP contribution in [0.15, 0.2) is 59.5 Å². The molecule has 0 aliphatic heterocycles. The van der Waals surface area contributed by atoms with Gasteiger partial charge in [-0.1, -0.05) is 29.8 Å². The van der Waals surface area contributed by atoms with Gasteiger partial charge in [-0.25, -0.2) is 0 Å². The maximum Gasteiger partial charge on any atom is 0.416 e. The molecule has 1 aromatic heterocycles. The summed E-state index contributed by atoms with van der Waals surface area (Å²) in [6.45, 7) is 1.87. The molecule has 3 rings (SSSR count). The molecular formula is C20H15F3N2O3. The minimum absolute atomic E-state index is 0.223. The number of benzene rings is 2. The number of aromatic hydroxyl groups is 1. The van der Waals surface area contributed by atoms with Crippen LogP contribution in [0.2, 0.25) is 0 Å². The number of carbonyl (C=O) groups is 1. The Bertz CT molecular complexity index is 1100. The third kappa shape index (κ3) is 4.06. The second-order valence-electron chi connectivity index (χ2n) is 6.18. The fraction of sp³-hybridized carbons (Fsp3) is 0.100. The number of alkyl halides is 3. The molecule has 28 heavy (non-hydrogen) atoms. The van der Waals surface area contributed by atoms with E-state index in [1.807, 2.05) is 13.0 Å². The zero-order valence-electron chi connectivity index (χ0n) is 14.6. The first kappa shape index (κ1) is 19.2. The molecule has 1 amide bonds. The van der Waals surface area contributed by atoms with Gasteiger partial charge in [0.2, 0.25) is 0 Å². The molecule has 0 spiro atoms. The predicted octanol–water partition coefficient (Wildman–Crippen LogP) is 4.33. The number of rotatable bonds is 3. The predicted molar refractivity (Wildman–Crippen MR) is 98.3 cm³/mol. The number of anilines is 1. The lowest BCUT2D eigenvalue weighted by molar-refractivity contribution is -0.137. The van der Waals surface area contributed by atoms with Crippen molar-refractivity contribution in [2.24, 2.45) is 0 Å². The maximum absolute atomic E-state index is 12.7. The molecule has 3 aromatic rings. The first-order valence-electron chi connectivity index (χ1n) is 8.16. The van der Waals surface area contributed by atoms with Crippen LogP contribution >= 0.6 is 0 Å². The molecule has 0 radical (unpaired) electrons. The zero-order chi connectivity index (χ0) is 20.5. The number of hydrogen-bond donors (Lipinski definition) is 3. The van der Waals surface area contributed by atoms with E-state index in [1.54, 1.807) is 18.2 Å². The molecule has 3 N–H and O–H groups in total. The van der Waals surface area contributed by atoms with Gasteiger partial charge in [0.15, 0.2) is 0 Å². The van der Waals surface area contributed by atoms with Crippen LogP contribution in [0, 0.1) is 6.92 Å². The Balaban J connectivity index is 1.89. The molecule has 0 atom stereocenters. The van der Waals surface area contributed by atoms with Gasteiger partial charge in [0.25, 0.3) is 11.5 Å². The Hall–Kier alpha value is -3.55. The Morgan fingerprint density at radius 3 is 2.50 bits per heavy atom. The number of carbonyl (C=O) groups excluding carboxylic acids is 1. The number of pyridine rings is 1. The van der Waals surface area contributed by atoms with Crippen LogP contribution in [0.4, 0.5) is 18.9 Å². The van der Waals surface area contributed by atoms with E-state index in [9.17, 15) is 27.9 Å². The number of hydrogen-bond acceptors (Lipinski definition) is 3. The summed E-state index contributed by atoms with van der Waals surface area (Å²) in [6.07, 6.45) is -3.37. The lowest BCUT2D eigenvalue weighted by atomic mass is 10.0. The van der Waals surface area contributed by atoms with Crippen LogP contribution in [0.25, 0.3) is 11.1 Å². The number of nitrogens with one attached hydrogen (secondary N) is 2. The standard InChI is InChI=1S/C20H15F3N2O3/c1-11-3-2-4-12(7-11)16-9-14(10-24-18(16)27)25-19(28)15-6-5-13(8-17(15)26)20(21,22)23/h2-10,26H,1H3,(H,24,27)(H,25,28). The summed E-state index contributed by atoms with van der Waals surface area (Å²) in [5.74, 6) is -1.61. The van der Waals surface area contributed by atoms with Crippen LogP contribution in [0.3, 0.4) is 0 Å². The first-order chi connectivity index (χ1) is 13.1. The van der Waals surface area contributed by atoms with Crippen molar-refractivity contribution in [3.05, 3.63) is 81.8 Å². The summed E-state index contributed by atoms with van der Waals surface area (Å²) >= 11 is 0. The van der Waals surface area contributed by atoms with Gasteiger partial charge in [0.1, 0.15) is 5.75 Å². The molecule has 0 saturated heterocycles. The molecule has 5 nitrogen and oxygen atoms in total. The summed E-state index contributed by atoms with van der Waals surface area (Å²) in [4.78, 5) is 27.0. The Morgan fingerprint density at radius 2 is 1.86 bits per heavy atom.